The number of aliphatic hydroxyl groups excluding tert-OH is 1. The molecule has 5 aliphatic carbocycles. The zero-order valence-electron chi connectivity index (χ0n) is 23.2. The van der Waals surface area contributed by atoms with Gasteiger partial charge >= 0.3 is 5.97 Å². The zero-order valence-corrected chi connectivity index (χ0v) is 23.2. The van der Waals surface area contributed by atoms with Crippen LogP contribution in [0.25, 0.3) is 0 Å². The number of allylic oxidation sites excluding steroid dienone is 2. The van der Waals surface area contributed by atoms with Gasteiger partial charge in [-0.1, -0.05) is 53.2 Å². The number of carbonyl (C=O) groups is 1. The number of methoxy groups -OCH3 is 1. The van der Waals surface area contributed by atoms with E-state index in [0.717, 1.165) is 32.1 Å². The van der Waals surface area contributed by atoms with Gasteiger partial charge in [0.2, 0.25) is 0 Å². The standard InChI is InChI=1S/C31H50O3/c1-26(2)22-11-14-31(7)23(29(22,5)13-12-24(26)32)10-9-20-21-19-28(4,25(33)34-8)16-15-27(21,3)17-18-30(20,31)6/h9,21-24,32H,10-19H2,1-8H3/t21-,22-,23+,24-,27+,28+,29+,30+,31-/m0/s1. The van der Waals surface area contributed by atoms with E-state index < -0.39 is 0 Å². The third-order valence-corrected chi connectivity index (χ3v) is 13.5. The summed E-state index contributed by atoms with van der Waals surface area (Å²) in [4.78, 5) is 12.8. The number of hydrogen-bond acceptors (Lipinski definition) is 3. The molecule has 0 aromatic heterocycles. The summed E-state index contributed by atoms with van der Waals surface area (Å²) in [5.41, 5.74) is 2.39. The van der Waals surface area contributed by atoms with Crippen LogP contribution in [0.15, 0.2) is 11.6 Å². The minimum absolute atomic E-state index is 0.00391. The van der Waals surface area contributed by atoms with Crippen LogP contribution in [0.4, 0.5) is 0 Å². The molecule has 0 heterocycles. The van der Waals surface area contributed by atoms with E-state index >= 15 is 0 Å². The van der Waals surface area contributed by atoms with Crippen molar-refractivity contribution in [3.8, 4) is 0 Å². The van der Waals surface area contributed by atoms with Gasteiger partial charge in [0, 0.05) is 0 Å². The Bertz CT molecular complexity index is 904. The van der Waals surface area contributed by atoms with Crippen molar-refractivity contribution in [2.45, 2.75) is 119 Å². The van der Waals surface area contributed by atoms with Gasteiger partial charge in [0.05, 0.1) is 18.6 Å². The molecule has 3 nitrogen and oxygen atoms in total. The fraction of sp³-hybridized carbons (Fsp3) is 0.903. The molecule has 5 aliphatic rings. The second-order valence-corrected chi connectivity index (χ2v) is 15.1. The first-order chi connectivity index (χ1) is 15.7. The Hall–Kier alpha value is -0.830. The summed E-state index contributed by atoms with van der Waals surface area (Å²) in [6.45, 7) is 17.1. The largest absolute Gasteiger partial charge is 0.469 e. The number of ether oxygens (including phenoxy) is 1. The van der Waals surface area contributed by atoms with Gasteiger partial charge in [0.15, 0.2) is 0 Å². The second-order valence-electron chi connectivity index (χ2n) is 15.1. The molecule has 4 fully saturated rings. The van der Waals surface area contributed by atoms with Crippen molar-refractivity contribution in [1.29, 1.82) is 0 Å². The van der Waals surface area contributed by atoms with E-state index in [4.69, 9.17) is 4.74 Å². The van der Waals surface area contributed by atoms with Gasteiger partial charge < -0.3 is 9.84 Å². The molecule has 0 radical (unpaired) electrons. The Kier molecular flexibility index (Phi) is 5.38. The fourth-order valence-electron chi connectivity index (χ4n) is 10.8. The Labute approximate surface area is 208 Å². The summed E-state index contributed by atoms with van der Waals surface area (Å²) in [6.07, 6.45) is 13.8. The van der Waals surface area contributed by atoms with Crippen LogP contribution in [0.2, 0.25) is 0 Å². The van der Waals surface area contributed by atoms with Gasteiger partial charge in [-0.05, 0) is 116 Å². The van der Waals surface area contributed by atoms with Gasteiger partial charge in [0.25, 0.3) is 0 Å². The lowest BCUT2D eigenvalue weighted by molar-refractivity contribution is -0.203. The molecule has 1 N–H and O–H groups in total. The number of aliphatic hydroxyl groups is 1. The Balaban J connectivity index is 1.56. The highest BCUT2D eigenvalue weighted by atomic mass is 16.5. The molecule has 0 amide bonds. The monoisotopic (exact) mass is 470 g/mol. The third-order valence-electron chi connectivity index (χ3n) is 13.5. The van der Waals surface area contributed by atoms with Gasteiger partial charge in [-0.2, -0.15) is 0 Å². The molecule has 0 aromatic carbocycles. The molecule has 0 aromatic rings. The first-order valence-corrected chi connectivity index (χ1v) is 14.2. The van der Waals surface area contributed by atoms with Gasteiger partial charge in [-0.3, -0.25) is 4.79 Å². The van der Waals surface area contributed by atoms with Crippen LogP contribution in [0, 0.1) is 50.2 Å². The third kappa shape index (κ3) is 2.94. The molecule has 34 heavy (non-hydrogen) atoms. The lowest BCUT2D eigenvalue weighted by Crippen LogP contribution is -2.64. The van der Waals surface area contributed by atoms with Crippen LogP contribution in [0.5, 0.6) is 0 Å². The highest BCUT2D eigenvalue weighted by molar-refractivity contribution is 5.76. The van der Waals surface area contributed by atoms with E-state index in [2.05, 4.69) is 54.5 Å². The molecule has 0 aliphatic heterocycles. The van der Waals surface area contributed by atoms with Crippen molar-refractivity contribution in [2.24, 2.45) is 50.2 Å². The molecule has 192 valence electrons. The molecular weight excluding hydrogens is 420 g/mol. The number of fused-ring (bicyclic) bond motifs is 7. The summed E-state index contributed by atoms with van der Waals surface area (Å²) < 4.78 is 5.29. The van der Waals surface area contributed by atoms with Crippen molar-refractivity contribution in [3.05, 3.63) is 11.6 Å². The summed E-state index contributed by atoms with van der Waals surface area (Å²) in [5.74, 6) is 1.72. The molecule has 0 spiro atoms. The van der Waals surface area contributed by atoms with Crippen LogP contribution in [0.3, 0.4) is 0 Å². The van der Waals surface area contributed by atoms with Gasteiger partial charge in [-0.25, -0.2) is 0 Å². The predicted octanol–water partition coefficient (Wildman–Crippen LogP) is 7.32. The Morgan fingerprint density at radius 1 is 0.912 bits per heavy atom. The second kappa shape index (κ2) is 7.36. The lowest BCUT2D eigenvalue weighted by atomic mass is 9.33. The highest BCUT2D eigenvalue weighted by Gasteiger charge is 2.68. The normalized spacial score (nSPS) is 54.0. The van der Waals surface area contributed by atoms with Crippen molar-refractivity contribution in [1.82, 2.24) is 0 Å². The Morgan fingerprint density at radius 2 is 1.59 bits per heavy atom. The first kappa shape index (κ1) is 24.8. The molecule has 0 saturated heterocycles. The topological polar surface area (TPSA) is 46.5 Å². The van der Waals surface area contributed by atoms with Crippen LogP contribution < -0.4 is 0 Å². The number of carbonyl (C=O) groups excluding carboxylic acids is 1. The zero-order chi connectivity index (χ0) is 24.9. The van der Waals surface area contributed by atoms with Crippen molar-refractivity contribution in [2.75, 3.05) is 7.11 Å². The molecule has 3 heteroatoms. The number of rotatable bonds is 1. The van der Waals surface area contributed by atoms with E-state index in [1.807, 2.05) is 0 Å². The van der Waals surface area contributed by atoms with Crippen molar-refractivity contribution >= 4 is 5.97 Å². The maximum atomic E-state index is 12.8. The molecule has 5 rings (SSSR count). The summed E-state index contributed by atoms with van der Waals surface area (Å²) in [6, 6.07) is 0. The van der Waals surface area contributed by atoms with E-state index in [1.54, 1.807) is 12.7 Å². The van der Waals surface area contributed by atoms with Crippen LogP contribution in [0.1, 0.15) is 113 Å². The Morgan fingerprint density at radius 3 is 2.26 bits per heavy atom. The number of hydrogen-bond donors (Lipinski definition) is 1. The lowest BCUT2D eigenvalue weighted by Gasteiger charge is -2.71. The smallest absolute Gasteiger partial charge is 0.311 e. The SMILES string of the molecule is COC(=O)[C@]1(C)CC[C@]2(C)CC[C@]3(C)C(=CC[C@@H]4[C@]5(C)CC[C@H](O)C(C)(C)[C@@H]5CC[C@@]43C)[C@@H]2C1. The fourth-order valence-corrected chi connectivity index (χ4v) is 10.8. The predicted molar refractivity (Wildman–Crippen MR) is 137 cm³/mol. The maximum Gasteiger partial charge on any atom is 0.311 e. The van der Waals surface area contributed by atoms with Crippen LogP contribution in [-0.4, -0.2) is 24.3 Å². The van der Waals surface area contributed by atoms with Gasteiger partial charge in [0.1, 0.15) is 0 Å². The number of esters is 1. The summed E-state index contributed by atoms with van der Waals surface area (Å²) in [7, 11) is 1.56. The maximum absolute atomic E-state index is 12.8. The van der Waals surface area contributed by atoms with E-state index in [9.17, 15) is 9.90 Å². The molecular formula is C31H50O3. The van der Waals surface area contributed by atoms with E-state index in [-0.39, 0.29) is 39.1 Å². The average molecular weight is 471 g/mol. The quantitative estimate of drug-likeness (QED) is 0.322. The molecule has 0 unspecified atom stereocenters. The van der Waals surface area contributed by atoms with E-state index in [0.29, 0.717) is 23.2 Å². The molecule has 0 bridgehead atoms. The van der Waals surface area contributed by atoms with E-state index in [1.165, 1.54) is 32.1 Å². The first-order valence-electron chi connectivity index (χ1n) is 14.2. The van der Waals surface area contributed by atoms with Crippen molar-refractivity contribution in [3.63, 3.8) is 0 Å². The van der Waals surface area contributed by atoms with Crippen LogP contribution in [-0.2, 0) is 9.53 Å². The minimum Gasteiger partial charge on any atom is -0.469 e. The average Bonchev–Trinajstić information content (AvgIpc) is 2.77. The minimum atomic E-state index is -0.358. The van der Waals surface area contributed by atoms with Crippen LogP contribution >= 0.6 is 0 Å². The highest BCUT2D eigenvalue weighted by Crippen LogP contribution is 2.75. The molecule has 4 saturated carbocycles. The van der Waals surface area contributed by atoms with Gasteiger partial charge in [-0.15, -0.1) is 0 Å². The molecule has 9 atom stereocenters. The van der Waals surface area contributed by atoms with Crippen molar-refractivity contribution < 1.29 is 14.6 Å². The summed E-state index contributed by atoms with van der Waals surface area (Å²) >= 11 is 0. The summed E-state index contributed by atoms with van der Waals surface area (Å²) in [5, 5.41) is 10.9.